The summed E-state index contributed by atoms with van der Waals surface area (Å²) in [5.74, 6) is -0.141. The first kappa shape index (κ1) is 59.2. The minimum Gasteiger partial charge on any atom is -0.435 e. The molecule has 0 aromatic carbocycles. The summed E-state index contributed by atoms with van der Waals surface area (Å²) < 4.78 is 4.75. The summed E-state index contributed by atoms with van der Waals surface area (Å²) in [6.07, 6.45) is 78.5. The molecular weight excluding hydrogens is 729 g/mol. The van der Waals surface area contributed by atoms with Crippen molar-refractivity contribution in [3.63, 3.8) is 0 Å². The molecule has 0 radical (unpaired) electrons. The van der Waals surface area contributed by atoms with Crippen molar-refractivity contribution in [3.8, 4) is 0 Å². The minimum absolute atomic E-state index is 0.141. The van der Waals surface area contributed by atoms with Crippen molar-refractivity contribution >= 4 is 5.97 Å². The van der Waals surface area contributed by atoms with Crippen molar-refractivity contribution in [3.05, 3.63) is 12.8 Å². The largest absolute Gasteiger partial charge is 0.435 e. The Hall–Kier alpha value is -0.790. The zero-order chi connectivity index (χ0) is 43.2. The fraction of sp³-hybridized carbons (Fsp3) is 0.948. The van der Waals surface area contributed by atoms with Gasteiger partial charge in [0, 0.05) is 6.42 Å². The molecule has 0 spiro atoms. The van der Waals surface area contributed by atoms with E-state index in [1.54, 1.807) is 0 Å². The van der Waals surface area contributed by atoms with Crippen LogP contribution in [-0.4, -0.2) is 5.97 Å². The van der Waals surface area contributed by atoms with Gasteiger partial charge >= 0.3 is 5.97 Å². The topological polar surface area (TPSA) is 26.3 Å². The number of unbranched alkanes of at least 4 members (excludes halogenated alkanes) is 52. The van der Waals surface area contributed by atoms with Gasteiger partial charge in [-0.05, 0) is 6.42 Å². The Labute approximate surface area is 380 Å². The van der Waals surface area contributed by atoms with E-state index in [1.807, 2.05) is 0 Å². The molecule has 2 nitrogen and oxygen atoms in total. The maximum absolute atomic E-state index is 11.3. The van der Waals surface area contributed by atoms with E-state index in [-0.39, 0.29) is 5.97 Å². The maximum atomic E-state index is 11.3. The van der Waals surface area contributed by atoms with Gasteiger partial charge in [0.15, 0.2) is 0 Å². The number of ether oxygens (including phenoxy) is 1. The summed E-state index contributed by atoms with van der Waals surface area (Å²) in [6.45, 7) is 5.74. The third kappa shape index (κ3) is 55.2. The van der Waals surface area contributed by atoms with Gasteiger partial charge in [-0.2, -0.15) is 0 Å². The Morgan fingerprint density at radius 2 is 0.400 bits per heavy atom. The zero-order valence-electron chi connectivity index (χ0n) is 41.8. The van der Waals surface area contributed by atoms with Gasteiger partial charge in [-0.1, -0.05) is 347 Å². The lowest BCUT2D eigenvalue weighted by Gasteiger charge is -2.05. The van der Waals surface area contributed by atoms with E-state index in [4.69, 9.17) is 4.74 Å². The first-order valence-corrected chi connectivity index (χ1v) is 28.6. The predicted molar refractivity (Wildman–Crippen MR) is 271 cm³/mol. The lowest BCUT2D eigenvalue weighted by atomic mass is 10.0. The van der Waals surface area contributed by atoms with Crippen molar-refractivity contribution in [1.82, 2.24) is 0 Å². The first-order chi connectivity index (χ1) is 29.8. The highest BCUT2D eigenvalue weighted by Crippen LogP contribution is 2.19. The second-order valence-corrected chi connectivity index (χ2v) is 19.8. The van der Waals surface area contributed by atoms with Crippen molar-refractivity contribution in [2.45, 2.75) is 354 Å². The van der Waals surface area contributed by atoms with Crippen LogP contribution >= 0.6 is 0 Å². The van der Waals surface area contributed by atoms with Gasteiger partial charge in [0.2, 0.25) is 0 Å². The normalized spacial score (nSPS) is 11.5. The molecule has 358 valence electrons. The summed E-state index contributed by atoms with van der Waals surface area (Å²) >= 11 is 0. The molecule has 0 aliphatic carbocycles. The molecule has 0 saturated heterocycles. The molecule has 0 aliphatic rings. The molecule has 0 aromatic heterocycles. The molecule has 0 bridgehead atoms. The molecule has 0 amide bonds. The summed E-state index contributed by atoms with van der Waals surface area (Å²) in [6, 6.07) is 0. The highest BCUT2D eigenvalue weighted by atomic mass is 16.5. The molecular formula is C58H114O2. The van der Waals surface area contributed by atoms with Crippen LogP contribution in [0.1, 0.15) is 354 Å². The number of esters is 1. The van der Waals surface area contributed by atoms with Crippen molar-refractivity contribution in [2.75, 3.05) is 0 Å². The monoisotopic (exact) mass is 843 g/mol. The van der Waals surface area contributed by atoms with Crippen LogP contribution < -0.4 is 0 Å². The van der Waals surface area contributed by atoms with Crippen LogP contribution in [0, 0.1) is 0 Å². The second kappa shape index (κ2) is 56.2. The zero-order valence-corrected chi connectivity index (χ0v) is 41.8. The SMILES string of the molecule is C=COC(=O)CCCCCCCCCCCCCCCCCCCCCCCCCCCCCCCCCCCCCCCCCCCCCCCCCCCCCCC. The fourth-order valence-electron chi connectivity index (χ4n) is 9.51. The highest BCUT2D eigenvalue weighted by Gasteiger charge is 2.01. The lowest BCUT2D eigenvalue weighted by Crippen LogP contribution is -1.98. The van der Waals surface area contributed by atoms with Crippen LogP contribution in [0.5, 0.6) is 0 Å². The van der Waals surface area contributed by atoms with E-state index in [0.717, 1.165) is 12.8 Å². The van der Waals surface area contributed by atoms with Gasteiger partial charge in [-0.15, -0.1) is 0 Å². The van der Waals surface area contributed by atoms with Crippen LogP contribution in [0.15, 0.2) is 12.8 Å². The van der Waals surface area contributed by atoms with E-state index >= 15 is 0 Å². The van der Waals surface area contributed by atoms with Crippen LogP contribution in [0.3, 0.4) is 0 Å². The molecule has 0 saturated carbocycles. The Bertz CT molecular complexity index is 775. The maximum Gasteiger partial charge on any atom is 0.310 e. The molecule has 0 rings (SSSR count). The standard InChI is InChI=1S/C58H114O2/c1-3-5-6-7-8-9-10-11-12-13-14-15-16-17-18-19-20-21-22-23-24-25-26-27-28-29-30-31-32-33-34-35-36-37-38-39-40-41-42-43-44-45-46-47-48-49-50-51-52-53-54-55-56-57-58(59)60-4-2/h4H,2-3,5-57H2,1H3. The second-order valence-electron chi connectivity index (χ2n) is 19.8. The number of carbonyl (C=O) groups excluding carboxylic acids is 1. The Balaban J connectivity index is 3.07. The van der Waals surface area contributed by atoms with Gasteiger partial charge in [-0.3, -0.25) is 4.79 Å². The van der Waals surface area contributed by atoms with Gasteiger partial charge in [0.05, 0.1) is 6.26 Å². The third-order valence-corrected chi connectivity index (χ3v) is 13.7. The van der Waals surface area contributed by atoms with Crippen LogP contribution in [0.25, 0.3) is 0 Å². The van der Waals surface area contributed by atoms with Crippen LogP contribution in [0.2, 0.25) is 0 Å². The summed E-state index contributed by atoms with van der Waals surface area (Å²) in [7, 11) is 0. The third-order valence-electron chi connectivity index (χ3n) is 13.7. The number of carbonyl (C=O) groups is 1. The van der Waals surface area contributed by atoms with Gasteiger partial charge < -0.3 is 4.74 Å². The number of hydrogen-bond donors (Lipinski definition) is 0. The molecule has 0 atom stereocenters. The number of rotatable bonds is 55. The molecule has 0 unspecified atom stereocenters. The molecule has 0 aliphatic heterocycles. The number of hydrogen-bond acceptors (Lipinski definition) is 2. The molecule has 2 heteroatoms. The Morgan fingerprint density at radius 1 is 0.267 bits per heavy atom. The highest BCUT2D eigenvalue weighted by molar-refractivity contribution is 5.69. The first-order valence-electron chi connectivity index (χ1n) is 28.6. The lowest BCUT2D eigenvalue weighted by molar-refractivity contribution is -0.138. The fourth-order valence-corrected chi connectivity index (χ4v) is 9.51. The van der Waals surface area contributed by atoms with Gasteiger partial charge in [0.25, 0.3) is 0 Å². The van der Waals surface area contributed by atoms with Crippen molar-refractivity contribution in [1.29, 1.82) is 0 Å². The Morgan fingerprint density at radius 3 is 0.533 bits per heavy atom. The molecule has 0 N–H and O–H groups in total. The van der Waals surface area contributed by atoms with Crippen LogP contribution in [-0.2, 0) is 9.53 Å². The quantitative estimate of drug-likeness (QED) is 0.0346. The van der Waals surface area contributed by atoms with E-state index in [1.165, 1.54) is 334 Å². The molecule has 0 aromatic rings. The van der Waals surface area contributed by atoms with Crippen molar-refractivity contribution < 1.29 is 9.53 Å². The predicted octanol–water partition coefficient (Wildman–Crippen LogP) is 21.8. The van der Waals surface area contributed by atoms with E-state index in [9.17, 15) is 4.79 Å². The van der Waals surface area contributed by atoms with Gasteiger partial charge in [0.1, 0.15) is 0 Å². The van der Waals surface area contributed by atoms with Crippen LogP contribution in [0.4, 0.5) is 0 Å². The average Bonchev–Trinajstić information content (AvgIpc) is 3.25. The van der Waals surface area contributed by atoms with Crippen molar-refractivity contribution in [2.24, 2.45) is 0 Å². The summed E-state index contributed by atoms with van der Waals surface area (Å²) in [5.41, 5.74) is 0. The smallest absolute Gasteiger partial charge is 0.310 e. The summed E-state index contributed by atoms with van der Waals surface area (Å²) in [5, 5.41) is 0. The van der Waals surface area contributed by atoms with E-state index < -0.39 is 0 Å². The molecule has 60 heavy (non-hydrogen) atoms. The van der Waals surface area contributed by atoms with Gasteiger partial charge in [-0.25, -0.2) is 0 Å². The average molecular weight is 844 g/mol. The summed E-state index contributed by atoms with van der Waals surface area (Å²) in [4.78, 5) is 11.3. The van der Waals surface area contributed by atoms with E-state index in [0.29, 0.717) is 6.42 Å². The van der Waals surface area contributed by atoms with E-state index in [2.05, 4.69) is 13.5 Å². The molecule has 0 heterocycles. The molecule has 0 fully saturated rings. The minimum atomic E-state index is -0.141. The Kier molecular flexibility index (Phi) is 55.5.